The molecule has 2 rings (SSSR count). The second kappa shape index (κ2) is 7.17. The maximum absolute atomic E-state index is 14.0. The summed E-state index contributed by atoms with van der Waals surface area (Å²) in [6.07, 6.45) is 1.83. The Kier molecular flexibility index (Phi) is 5.27. The van der Waals surface area contributed by atoms with Crippen molar-refractivity contribution in [3.63, 3.8) is 0 Å². The molecule has 6 heteroatoms. The zero-order chi connectivity index (χ0) is 15.2. The molecule has 0 fully saturated rings. The summed E-state index contributed by atoms with van der Waals surface area (Å²) in [5.41, 5.74) is 0.198. The van der Waals surface area contributed by atoms with Gasteiger partial charge in [0.1, 0.15) is 17.1 Å². The largest absolute Gasteiger partial charge is 0.496 e. The number of benzene rings is 1. The van der Waals surface area contributed by atoms with E-state index in [9.17, 15) is 4.39 Å². The minimum Gasteiger partial charge on any atom is -0.496 e. The minimum absolute atomic E-state index is 0.0241. The van der Waals surface area contributed by atoms with Crippen molar-refractivity contribution in [2.45, 2.75) is 32.7 Å². The van der Waals surface area contributed by atoms with Crippen LogP contribution in [0.1, 0.15) is 38.6 Å². The Bertz CT molecular complexity index is 586. The van der Waals surface area contributed by atoms with Gasteiger partial charge >= 0.3 is 0 Å². The van der Waals surface area contributed by atoms with Crippen molar-refractivity contribution in [3.05, 3.63) is 29.9 Å². The molecule has 114 valence electrons. The van der Waals surface area contributed by atoms with Crippen molar-refractivity contribution < 1.29 is 13.5 Å². The highest BCUT2D eigenvalue weighted by Crippen LogP contribution is 2.32. The first kappa shape index (κ1) is 15.4. The summed E-state index contributed by atoms with van der Waals surface area (Å²) in [5, 5.41) is 11.3. The molecule has 1 unspecified atom stereocenters. The molecular weight excluding hydrogens is 273 g/mol. The zero-order valence-electron chi connectivity index (χ0n) is 12.5. The summed E-state index contributed by atoms with van der Waals surface area (Å²) in [6.45, 7) is 4.98. The van der Waals surface area contributed by atoms with Crippen molar-refractivity contribution in [2.24, 2.45) is 0 Å². The molecule has 21 heavy (non-hydrogen) atoms. The molecule has 0 aliphatic rings. The van der Waals surface area contributed by atoms with Crippen LogP contribution in [0.5, 0.6) is 5.75 Å². The van der Waals surface area contributed by atoms with Gasteiger partial charge in [-0.2, -0.15) is 0 Å². The Balaban J connectivity index is 2.31. The summed E-state index contributed by atoms with van der Waals surface area (Å²) in [4.78, 5) is 0. The molecule has 0 amide bonds. The van der Waals surface area contributed by atoms with Gasteiger partial charge in [-0.05, 0) is 31.5 Å². The summed E-state index contributed by atoms with van der Waals surface area (Å²) >= 11 is 0. The monoisotopic (exact) mass is 293 g/mol. The second-order valence-electron chi connectivity index (χ2n) is 4.68. The van der Waals surface area contributed by atoms with Crippen LogP contribution in [0.4, 0.5) is 4.39 Å². The molecule has 5 nitrogen and oxygen atoms in total. The number of halogens is 1. The lowest BCUT2D eigenvalue weighted by atomic mass is 10.2. The lowest BCUT2D eigenvalue weighted by molar-refractivity contribution is 0.389. The highest BCUT2D eigenvalue weighted by Gasteiger charge is 2.21. The highest BCUT2D eigenvalue weighted by atomic mass is 19.1. The van der Waals surface area contributed by atoms with Crippen molar-refractivity contribution in [3.8, 4) is 17.2 Å². The molecule has 1 heterocycles. The van der Waals surface area contributed by atoms with E-state index in [-0.39, 0.29) is 17.5 Å². The first-order chi connectivity index (χ1) is 10.2. The van der Waals surface area contributed by atoms with E-state index in [4.69, 9.17) is 9.15 Å². The molecule has 0 aliphatic carbocycles. The molecule has 0 saturated carbocycles. The summed E-state index contributed by atoms with van der Waals surface area (Å²) < 4.78 is 24.8. The number of methoxy groups -OCH3 is 1. The maximum Gasteiger partial charge on any atom is 0.254 e. The van der Waals surface area contributed by atoms with E-state index in [2.05, 4.69) is 22.4 Å². The molecule has 0 saturated heterocycles. The molecule has 1 atom stereocenters. The fourth-order valence-electron chi connectivity index (χ4n) is 2.08. The Morgan fingerprint density at radius 2 is 2.14 bits per heavy atom. The molecule has 1 aromatic carbocycles. The number of ether oxygens (including phenoxy) is 1. The van der Waals surface area contributed by atoms with Gasteiger partial charge in [0.05, 0.1) is 13.2 Å². The third kappa shape index (κ3) is 3.39. The van der Waals surface area contributed by atoms with E-state index >= 15 is 0 Å². The number of hydrogen-bond donors (Lipinski definition) is 1. The first-order valence-corrected chi connectivity index (χ1v) is 7.10. The molecule has 0 bridgehead atoms. The Labute approximate surface area is 123 Å². The van der Waals surface area contributed by atoms with Gasteiger partial charge in [-0.1, -0.05) is 19.9 Å². The van der Waals surface area contributed by atoms with Gasteiger partial charge in [0.25, 0.3) is 5.89 Å². The number of rotatable bonds is 7. The molecule has 0 radical (unpaired) electrons. The topological polar surface area (TPSA) is 60.2 Å². The predicted octanol–water partition coefficient (Wildman–Crippen LogP) is 3.34. The quantitative estimate of drug-likeness (QED) is 0.848. The highest BCUT2D eigenvalue weighted by molar-refractivity contribution is 5.63. The van der Waals surface area contributed by atoms with Crippen LogP contribution in [0.2, 0.25) is 0 Å². The van der Waals surface area contributed by atoms with Crippen LogP contribution < -0.4 is 10.1 Å². The van der Waals surface area contributed by atoms with E-state index in [1.54, 1.807) is 12.1 Å². The normalized spacial score (nSPS) is 12.4. The third-order valence-corrected chi connectivity index (χ3v) is 3.20. The van der Waals surface area contributed by atoms with Gasteiger partial charge in [0.15, 0.2) is 0 Å². The zero-order valence-corrected chi connectivity index (χ0v) is 12.5. The van der Waals surface area contributed by atoms with E-state index in [0.717, 1.165) is 19.4 Å². The van der Waals surface area contributed by atoms with Crippen LogP contribution in [-0.4, -0.2) is 23.9 Å². The number of nitrogens with zero attached hydrogens (tertiary/aromatic N) is 2. The molecule has 0 spiro atoms. The average molecular weight is 293 g/mol. The SMILES string of the molecule is CCCNC(CC)c1nnc(-c2c(F)cccc2OC)o1. The maximum atomic E-state index is 14.0. The number of hydrogen-bond acceptors (Lipinski definition) is 5. The fraction of sp³-hybridized carbons (Fsp3) is 0.467. The van der Waals surface area contributed by atoms with Gasteiger partial charge in [-0.25, -0.2) is 4.39 Å². The lowest BCUT2D eigenvalue weighted by Gasteiger charge is -2.11. The van der Waals surface area contributed by atoms with Crippen LogP contribution in [0.25, 0.3) is 11.5 Å². The predicted molar refractivity (Wildman–Crippen MR) is 77.6 cm³/mol. The first-order valence-electron chi connectivity index (χ1n) is 7.10. The minimum atomic E-state index is -0.445. The fourth-order valence-corrected chi connectivity index (χ4v) is 2.08. The standard InChI is InChI=1S/C15H20FN3O2/c1-4-9-17-11(5-2)14-18-19-15(21-14)13-10(16)7-6-8-12(13)20-3/h6-8,11,17H,4-5,9H2,1-3H3. The second-order valence-corrected chi connectivity index (χ2v) is 4.68. The average Bonchev–Trinajstić information content (AvgIpc) is 2.97. The van der Waals surface area contributed by atoms with Crippen LogP contribution >= 0.6 is 0 Å². The van der Waals surface area contributed by atoms with E-state index in [0.29, 0.717) is 11.6 Å². The Hall–Kier alpha value is -1.95. The lowest BCUT2D eigenvalue weighted by Crippen LogP contribution is -2.21. The van der Waals surface area contributed by atoms with Crippen molar-refractivity contribution in [1.29, 1.82) is 0 Å². The summed E-state index contributed by atoms with van der Waals surface area (Å²) in [6, 6.07) is 4.56. The molecule has 1 aromatic heterocycles. The van der Waals surface area contributed by atoms with E-state index < -0.39 is 5.82 Å². The molecule has 2 aromatic rings. The molecular formula is C15H20FN3O2. The van der Waals surface area contributed by atoms with Gasteiger partial charge in [0, 0.05) is 0 Å². The van der Waals surface area contributed by atoms with Gasteiger partial charge in [-0.15, -0.1) is 10.2 Å². The summed E-state index contributed by atoms with van der Waals surface area (Å²) in [5.74, 6) is 0.529. The van der Waals surface area contributed by atoms with Crippen molar-refractivity contribution in [1.82, 2.24) is 15.5 Å². The number of aromatic nitrogens is 2. The van der Waals surface area contributed by atoms with E-state index in [1.165, 1.54) is 13.2 Å². The van der Waals surface area contributed by atoms with Gasteiger partial charge < -0.3 is 14.5 Å². The molecule has 1 N–H and O–H groups in total. The van der Waals surface area contributed by atoms with Gasteiger partial charge in [0.2, 0.25) is 5.89 Å². The third-order valence-electron chi connectivity index (χ3n) is 3.20. The van der Waals surface area contributed by atoms with Crippen molar-refractivity contribution in [2.75, 3.05) is 13.7 Å². The van der Waals surface area contributed by atoms with Crippen LogP contribution in [0.3, 0.4) is 0 Å². The van der Waals surface area contributed by atoms with E-state index in [1.807, 2.05) is 6.92 Å². The van der Waals surface area contributed by atoms with Crippen LogP contribution in [-0.2, 0) is 0 Å². The smallest absolute Gasteiger partial charge is 0.254 e. The van der Waals surface area contributed by atoms with Crippen molar-refractivity contribution >= 4 is 0 Å². The Morgan fingerprint density at radius 1 is 1.33 bits per heavy atom. The summed E-state index contributed by atoms with van der Waals surface area (Å²) in [7, 11) is 1.48. The van der Waals surface area contributed by atoms with Crippen LogP contribution in [0.15, 0.2) is 22.6 Å². The van der Waals surface area contributed by atoms with Gasteiger partial charge in [-0.3, -0.25) is 0 Å². The van der Waals surface area contributed by atoms with Crippen LogP contribution in [0, 0.1) is 5.82 Å². The Morgan fingerprint density at radius 3 is 2.81 bits per heavy atom. The molecule has 0 aliphatic heterocycles. The number of nitrogens with one attached hydrogen (secondary N) is 1.